The minimum absolute atomic E-state index is 0.0106. The van der Waals surface area contributed by atoms with Crippen molar-refractivity contribution in [1.82, 2.24) is 0 Å². The molecule has 1 unspecified atom stereocenters. The van der Waals surface area contributed by atoms with E-state index in [-0.39, 0.29) is 5.78 Å². The Bertz CT molecular complexity index is 335. The number of methoxy groups -OCH3 is 1. The molecule has 16 heavy (non-hydrogen) atoms. The molecular weight excluding hydrogens is 272 g/mol. The molecule has 0 heterocycles. The second-order valence-electron chi connectivity index (χ2n) is 3.38. The first kappa shape index (κ1) is 13.4. The van der Waals surface area contributed by atoms with Crippen LogP contribution in [0.5, 0.6) is 0 Å². The van der Waals surface area contributed by atoms with Gasteiger partial charge in [0.2, 0.25) is 0 Å². The third-order valence-electron chi connectivity index (χ3n) is 2.15. The number of rotatable bonds is 6. The summed E-state index contributed by atoms with van der Waals surface area (Å²) in [5.74, 6) is -0.0106. The van der Waals surface area contributed by atoms with Crippen LogP contribution < -0.4 is 0 Å². The molecule has 3 nitrogen and oxygen atoms in total. The van der Waals surface area contributed by atoms with E-state index in [1.54, 1.807) is 26.2 Å². The van der Waals surface area contributed by atoms with Crippen LogP contribution in [0.25, 0.3) is 0 Å². The molecule has 0 saturated carbocycles. The fourth-order valence-corrected chi connectivity index (χ4v) is 1.50. The van der Waals surface area contributed by atoms with E-state index in [4.69, 9.17) is 9.47 Å². The molecule has 88 valence electrons. The molecule has 4 heteroatoms. The molecule has 1 rings (SSSR count). The van der Waals surface area contributed by atoms with Gasteiger partial charge in [-0.3, -0.25) is 4.79 Å². The van der Waals surface area contributed by atoms with E-state index in [0.717, 1.165) is 4.47 Å². The van der Waals surface area contributed by atoms with E-state index in [0.29, 0.717) is 18.8 Å². The maximum absolute atomic E-state index is 11.9. The van der Waals surface area contributed by atoms with Gasteiger partial charge in [0.15, 0.2) is 5.78 Å². The van der Waals surface area contributed by atoms with Crippen molar-refractivity contribution in [2.75, 3.05) is 20.3 Å². The van der Waals surface area contributed by atoms with Crippen LogP contribution in [0, 0.1) is 0 Å². The lowest BCUT2D eigenvalue weighted by Gasteiger charge is -2.11. The molecule has 0 N–H and O–H groups in total. The van der Waals surface area contributed by atoms with Gasteiger partial charge in [0, 0.05) is 17.1 Å². The zero-order chi connectivity index (χ0) is 12.0. The number of hydrogen-bond acceptors (Lipinski definition) is 3. The highest BCUT2D eigenvalue weighted by molar-refractivity contribution is 9.10. The van der Waals surface area contributed by atoms with Crippen molar-refractivity contribution in [1.29, 1.82) is 0 Å². The number of halogens is 1. The maximum Gasteiger partial charge on any atom is 0.191 e. The molecule has 0 bridgehead atoms. The summed E-state index contributed by atoms with van der Waals surface area (Å²) < 4.78 is 11.1. The first-order valence-corrected chi connectivity index (χ1v) is 5.84. The van der Waals surface area contributed by atoms with Crippen LogP contribution >= 0.6 is 15.9 Å². The number of benzene rings is 1. The van der Waals surface area contributed by atoms with Crippen molar-refractivity contribution in [3.8, 4) is 0 Å². The van der Waals surface area contributed by atoms with Crippen LogP contribution in [0.1, 0.15) is 17.3 Å². The third-order valence-corrected chi connectivity index (χ3v) is 2.68. The van der Waals surface area contributed by atoms with Crippen molar-refractivity contribution in [2.24, 2.45) is 0 Å². The van der Waals surface area contributed by atoms with Crippen LogP contribution in [-0.4, -0.2) is 32.2 Å². The zero-order valence-corrected chi connectivity index (χ0v) is 11.0. The van der Waals surface area contributed by atoms with Crippen molar-refractivity contribution in [3.05, 3.63) is 34.3 Å². The number of Topliss-reactive ketones (excluding diaryl/α,β-unsaturated/α-hetero) is 1. The van der Waals surface area contributed by atoms with E-state index in [2.05, 4.69) is 15.9 Å². The van der Waals surface area contributed by atoms with Gasteiger partial charge in [-0.05, 0) is 19.1 Å². The zero-order valence-electron chi connectivity index (χ0n) is 9.40. The van der Waals surface area contributed by atoms with Gasteiger partial charge in [0.05, 0.1) is 13.2 Å². The standard InChI is InChI=1S/C12H15BrO3/c1-9(16-8-7-15-2)12(14)10-3-5-11(13)6-4-10/h3-6,9H,7-8H2,1-2H3. The average Bonchev–Trinajstić information content (AvgIpc) is 2.29. The summed E-state index contributed by atoms with van der Waals surface area (Å²) in [6, 6.07) is 7.25. The molecule has 1 aromatic carbocycles. The molecule has 0 spiro atoms. The topological polar surface area (TPSA) is 35.5 Å². The molecule has 0 aromatic heterocycles. The summed E-state index contributed by atoms with van der Waals surface area (Å²) in [4.78, 5) is 11.9. The predicted octanol–water partition coefficient (Wildman–Crippen LogP) is 2.68. The Kier molecular flexibility index (Phi) is 5.66. The summed E-state index contributed by atoms with van der Waals surface area (Å²) >= 11 is 3.32. The number of carbonyl (C=O) groups excluding carboxylic acids is 1. The van der Waals surface area contributed by atoms with E-state index >= 15 is 0 Å². The first-order chi connectivity index (χ1) is 7.65. The molecule has 0 amide bonds. The van der Waals surface area contributed by atoms with Gasteiger partial charge in [0.1, 0.15) is 6.10 Å². The molecule has 1 atom stereocenters. The molecule has 1 aromatic rings. The fourth-order valence-electron chi connectivity index (χ4n) is 1.23. The molecule has 0 radical (unpaired) electrons. The van der Waals surface area contributed by atoms with Gasteiger partial charge < -0.3 is 9.47 Å². The second-order valence-corrected chi connectivity index (χ2v) is 4.29. The maximum atomic E-state index is 11.9. The van der Waals surface area contributed by atoms with E-state index < -0.39 is 6.10 Å². The minimum Gasteiger partial charge on any atom is -0.382 e. The monoisotopic (exact) mass is 286 g/mol. The highest BCUT2D eigenvalue weighted by Crippen LogP contribution is 2.12. The summed E-state index contributed by atoms with van der Waals surface area (Å²) in [6.45, 7) is 2.68. The molecule has 0 saturated heterocycles. The first-order valence-electron chi connectivity index (χ1n) is 5.05. The van der Waals surface area contributed by atoms with Gasteiger partial charge >= 0.3 is 0 Å². The van der Waals surface area contributed by atoms with Crippen LogP contribution in [0.15, 0.2) is 28.7 Å². The summed E-state index contributed by atoms with van der Waals surface area (Å²) in [5, 5.41) is 0. The Morgan fingerprint density at radius 3 is 2.50 bits per heavy atom. The van der Waals surface area contributed by atoms with Crippen LogP contribution in [0.4, 0.5) is 0 Å². The number of carbonyl (C=O) groups is 1. The van der Waals surface area contributed by atoms with Gasteiger partial charge in [-0.2, -0.15) is 0 Å². The Labute approximate surface area is 104 Å². The van der Waals surface area contributed by atoms with Crippen molar-refractivity contribution in [2.45, 2.75) is 13.0 Å². The average molecular weight is 287 g/mol. The second kappa shape index (κ2) is 6.78. The van der Waals surface area contributed by atoms with E-state index in [1.807, 2.05) is 12.1 Å². The lowest BCUT2D eigenvalue weighted by Crippen LogP contribution is -2.22. The van der Waals surface area contributed by atoms with E-state index in [9.17, 15) is 4.79 Å². The highest BCUT2D eigenvalue weighted by atomic mass is 79.9. The molecule has 0 fully saturated rings. The Morgan fingerprint density at radius 1 is 1.31 bits per heavy atom. The predicted molar refractivity (Wildman–Crippen MR) is 65.8 cm³/mol. The number of ketones is 1. The van der Waals surface area contributed by atoms with Crippen LogP contribution in [0.2, 0.25) is 0 Å². The third kappa shape index (κ3) is 4.04. The molecular formula is C12H15BrO3. The van der Waals surface area contributed by atoms with Crippen molar-refractivity contribution >= 4 is 21.7 Å². The summed E-state index contributed by atoms with van der Waals surface area (Å²) in [6.07, 6.45) is -0.434. The largest absolute Gasteiger partial charge is 0.382 e. The Hall–Kier alpha value is -0.710. The molecule has 0 aliphatic carbocycles. The SMILES string of the molecule is COCCOC(C)C(=O)c1ccc(Br)cc1. The van der Waals surface area contributed by atoms with Gasteiger partial charge in [-0.25, -0.2) is 0 Å². The number of ether oxygens (including phenoxy) is 2. The van der Waals surface area contributed by atoms with E-state index in [1.165, 1.54) is 0 Å². The fraction of sp³-hybridized carbons (Fsp3) is 0.417. The lowest BCUT2D eigenvalue weighted by atomic mass is 10.1. The van der Waals surface area contributed by atoms with Crippen LogP contribution in [-0.2, 0) is 9.47 Å². The van der Waals surface area contributed by atoms with Gasteiger partial charge in [-0.15, -0.1) is 0 Å². The molecule has 0 aliphatic rings. The Balaban J connectivity index is 2.53. The minimum atomic E-state index is -0.434. The van der Waals surface area contributed by atoms with Crippen molar-refractivity contribution < 1.29 is 14.3 Å². The summed E-state index contributed by atoms with van der Waals surface area (Å²) in [7, 11) is 1.60. The Morgan fingerprint density at radius 2 is 1.94 bits per heavy atom. The van der Waals surface area contributed by atoms with Crippen LogP contribution in [0.3, 0.4) is 0 Å². The lowest BCUT2D eigenvalue weighted by molar-refractivity contribution is 0.0256. The smallest absolute Gasteiger partial charge is 0.191 e. The number of hydrogen-bond donors (Lipinski definition) is 0. The normalized spacial score (nSPS) is 12.4. The van der Waals surface area contributed by atoms with Gasteiger partial charge in [0.25, 0.3) is 0 Å². The summed E-state index contributed by atoms with van der Waals surface area (Å²) in [5.41, 5.74) is 0.660. The highest BCUT2D eigenvalue weighted by Gasteiger charge is 2.15. The molecule has 0 aliphatic heterocycles. The van der Waals surface area contributed by atoms with Crippen molar-refractivity contribution in [3.63, 3.8) is 0 Å². The quantitative estimate of drug-likeness (QED) is 0.596. The van der Waals surface area contributed by atoms with Gasteiger partial charge in [-0.1, -0.05) is 28.1 Å².